The SMILES string of the molecule is CCCc1nc(Cn2ccc(C(NC)C3CC3)c2)cs1. The highest BCUT2D eigenvalue weighted by Crippen LogP contribution is 2.40. The van der Waals surface area contributed by atoms with Gasteiger partial charge in [-0.3, -0.25) is 0 Å². The number of nitrogens with one attached hydrogen (secondary N) is 1. The van der Waals surface area contributed by atoms with Crippen molar-refractivity contribution in [3.8, 4) is 0 Å². The van der Waals surface area contributed by atoms with Crippen LogP contribution in [-0.4, -0.2) is 16.6 Å². The fourth-order valence-electron chi connectivity index (χ4n) is 2.78. The molecule has 108 valence electrons. The molecule has 0 amide bonds. The zero-order valence-electron chi connectivity index (χ0n) is 12.3. The Kier molecular flexibility index (Phi) is 4.22. The summed E-state index contributed by atoms with van der Waals surface area (Å²) in [5.41, 5.74) is 2.60. The highest BCUT2D eigenvalue weighted by atomic mass is 32.1. The van der Waals surface area contributed by atoms with E-state index in [1.54, 1.807) is 11.3 Å². The number of nitrogens with zero attached hydrogens (tertiary/aromatic N) is 2. The maximum absolute atomic E-state index is 4.70. The van der Waals surface area contributed by atoms with E-state index in [0.717, 1.165) is 18.9 Å². The number of thiazole rings is 1. The zero-order chi connectivity index (χ0) is 13.9. The van der Waals surface area contributed by atoms with Gasteiger partial charge in [0.1, 0.15) is 0 Å². The summed E-state index contributed by atoms with van der Waals surface area (Å²) in [6.07, 6.45) is 9.46. The summed E-state index contributed by atoms with van der Waals surface area (Å²) in [7, 11) is 2.07. The van der Waals surface area contributed by atoms with Gasteiger partial charge in [-0.2, -0.15) is 0 Å². The Balaban J connectivity index is 1.66. The smallest absolute Gasteiger partial charge is 0.0928 e. The van der Waals surface area contributed by atoms with Crippen LogP contribution >= 0.6 is 11.3 Å². The molecule has 2 aromatic rings. The standard InChI is InChI=1S/C16H23N3S/c1-3-4-15-18-14(11-20-15)10-19-8-7-13(9-19)16(17-2)12-5-6-12/h7-9,11-12,16-17H,3-6,10H2,1-2H3. The van der Waals surface area contributed by atoms with E-state index in [2.05, 4.69) is 47.7 Å². The van der Waals surface area contributed by atoms with Crippen molar-refractivity contribution in [1.29, 1.82) is 0 Å². The molecular formula is C16H23N3S. The Morgan fingerprint density at radius 1 is 1.50 bits per heavy atom. The van der Waals surface area contributed by atoms with Gasteiger partial charge < -0.3 is 9.88 Å². The van der Waals surface area contributed by atoms with Gasteiger partial charge in [-0.25, -0.2) is 4.98 Å². The lowest BCUT2D eigenvalue weighted by Crippen LogP contribution is -2.17. The second-order valence-electron chi connectivity index (χ2n) is 5.70. The van der Waals surface area contributed by atoms with E-state index in [0.29, 0.717) is 6.04 Å². The summed E-state index contributed by atoms with van der Waals surface area (Å²) in [5, 5.41) is 6.91. The maximum Gasteiger partial charge on any atom is 0.0928 e. The number of aromatic nitrogens is 2. The predicted octanol–water partition coefficient (Wildman–Crippen LogP) is 3.62. The average Bonchev–Trinajstić information content (AvgIpc) is 3.00. The number of rotatable bonds is 7. The molecule has 0 saturated heterocycles. The topological polar surface area (TPSA) is 29.9 Å². The van der Waals surface area contributed by atoms with Crippen molar-refractivity contribution in [3.63, 3.8) is 0 Å². The highest BCUT2D eigenvalue weighted by molar-refractivity contribution is 7.09. The fourth-order valence-corrected chi connectivity index (χ4v) is 3.67. The predicted molar refractivity (Wildman–Crippen MR) is 84.2 cm³/mol. The molecule has 3 rings (SSSR count). The molecule has 0 aromatic carbocycles. The van der Waals surface area contributed by atoms with Crippen molar-refractivity contribution in [3.05, 3.63) is 40.1 Å². The number of hydrogen-bond donors (Lipinski definition) is 1. The summed E-state index contributed by atoms with van der Waals surface area (Å²) in [5.74, 6) is 0.839. The fraction of sp³-hybridized carbons (Fsp3) is 0.562. The third-order valence-electron chi connectivity index (χ3n) is 3.94. The first-order valence-electron chi connectivity index (χ1n) is 7.56. The Morgan fingerprint density at radius 3 is 3.05 bits per heavy atom. The molecule has 1 unspecified atom stereocenters. The van der Waals surface area contributed by atoms with Crippen LogP contribution in [0.1, 0.15) is 48.5 Å². The Labute approximate surface area is 125 Å². The lowest BCUT2D eigenvalue weighted by molar-refractivity contribution is 0.528. The van der Waals surface area contributed by atoms with Crippen LogP contribution in [-0.2, 0) is 13.0 Å². The molecular weight excluding hydrogens is 266 g/mol. The molecule has 0 aliphatic heterocycles. The van der Waals surface area contributed by atoms with E-state index in [1.165, 1.54) is 35.5 Å². The Hall–Kier alpha value is -1.13. The minimum Gasteiger partial charge on any atom is -0.348 e. The summed E-state index contributed by atoms with van der Waals surface area (Å²) < 4.78 is 2.26. The first-order valence-corrected chi connectivity index (χ1v) is 8.44. The van der Waals surface area contributed by atoms with Crippen LogP contribution in [0, 0.1) is 5.92 Å². The Bertz CT molecular complexity index is 554. The van der Waals surface area contributed by atoms with Gasteiger partial charge in [-0.05, 0) is 50.3 Å². The highest BCUT2D eigenvalue weighted by Gasteiger charge is 2.31. The average molecular weight is 289 g/mol. The van der Waals surface area contributed by atoms with Crippen molar-refractivity contribution in [1.82, 2.24) is 14.9 Å². The van der Waals surface area contributed by atoms with Crippen LogP contribution in [0.3, 0.4) is 0 Å². The van der Waals surface area contributed by atoms with Gasteiger partial charge in [0.15, 0.2) is 0 Å². The summed E-state index contributed by atoms with van der Waals surface area (Å²) in [6, 6.07) is 2.78. The normalized spacial score (nSPS) is 16.5. The van der Waals surface area contributed by atoms with Crippen LogP contribution in [0.15, 0.2) is 23.8 Å². The van der Waals surface area contributed by atoms with Gasteiger partial charge in [0, 0.05) is 23.8 Å². The van der Waals surface area contributed by atoms with Gasteiger partial charge in [0.2, 0.25) is 0 Å². The van der Waals surface area contributed by atoms with Crippen LogP contribution in [0.5, 0.6) is 0 Å². The first kappa shape index (κ1) is 13.8. The van der Waals surface area contributed by atoms with E-state index >= 15 is 0 Å². The van der Waals surface area contributed by atoms with Crippen molar-refractivity contribution in [2.24, 2.45) is 5.92 Å². The third kappa shape index (κ3) is 3.13. The monoisotopic (exact) mass is 289 g/mol. The molecule has 1 fully saturated rings. The van der Waals surface area contributed by atoms with Crippen LogP contribution in [0.2, 0.25) is 0 Å². The molecule has 2 heterocycles. The minimum atomic E-state index is 0.530. The van der Waals surface area contributed by atoms with E-state index in [-0.39, 0.29) is 0 Å². The van der Waals surface area contributed by atoms with Crippen molar-refractivity contribution in [2.45, 2.75) is 45.2 Å². The third-order valence-corrected chi connectivity index (χ3v) is 4.90. The van der Waals surface area contributed by atoms with Crippen LogP contribution < -0.4 is 5.32 Å². The van der Waals surface area contributed by atoms with E-state index < -0.39 is 0 Å². The Morgan fingerprint density at radius 2 is 2.35 bits per heavy atom. The second-order valence-corrected chi connectivity index (χ2v) is 6.65. The molecule has 0 radical (unpaired) electrons. The van der Waals surface area contributed by atoms with Gasteiger partial charge in [-0.15, -0.1) is 11.3 Å². The second kappa shape index (κ2) is 6.10. The molecule has 3 nitrogen and oxygen atoms in total. The summed E-state index contributed by atoms with van der Waals surface area (Å²) in [4.78, 5) is 4.70. The van der Waals surface area contributed by atoms with Gasteiger partial charge in [0.05, 0.1) is 17.2 Å². The molecule has 1 saturated carbocycles. The van der Waals surface area contributed by atoms with Crippen molar-refractivity contribution < 1.29 is 0 Å². The number of hydrogen-bond acceptors (Lipinski definition) is 3. The molecule has 2 aromatic heterocycles. The van der Waals surface area contributed by atoms with Crippen LogP contribution in [0.25, 0.3) is 0 Å². The minimum absolute atomic E-state index is 0.530. The van der Waals surface area contributed by atoms with Gasteiger partial charge >= 0.3 is 0 Å². The molecule has 0 spiro atoms. The van der Waals surface area contributed by atoms with E-state index in [9.17, 15) is 0 Å². The summed E-state index contributed by atoms with van der Waals surface area (Å²) in [6.45, 7) is 3.09. The molecule has 0 bridgehead atoms. The van der Waals surface area contributed by atoms with E-state index in [4.69, 9.17) is 4.98 Å². The van der Waals surface area contributed by atoms with Crippen molar-refractivity contribution in [2.75, 3.05) is 7.05 Å². The molecule has 1 aliphatic carbocycles. The van der Waals surface area contributed by atoms with Crippen molar-refractivity contribution >= 4 is 11.3 Å². The zero-order valence-corrected chi connectivity index (χ0v) is 13.1. The molecule has 1 aliphatic rings. The molecule has 1 N–H and O–H groups in total. The summed E-state index contributed by atoms with van der Waals surface area (Å²) >= 11 is 1.79. The largest absolute Gasteiger partial charge is 0.348 e. The maximum atomic E-state index is 4.70. The molecule has 1 atom stereocenters. The lowest BCUT2D eigenvalue weighted by Gasteiger charge is -2.13. The van der Waals surface area contributed by atoms with Gasteiger partial charge in [-0.1, -0.05) is 6.92 Å². The van der Waals surface area contributed by atoms with E-state index in [1.807, 2.05) is 0 Å². The number of aryl methyl sites for hydroxylation is 1. The van der Waals surface area contributed by atoms with Gasteiger partial charge in [0.25, 0.3) is 0 Å². The lowest BCUT2D eigenvalue weighted by atomic mass is 10.1. The van der Waals surface area contributed by atoms with Crippen LogP contribution in [0.4, 0.5) is 0 Å². The quantitative estimate of drug-likeness (QED) is 0.844. The molecule has 20 heavy (non-hydrogen) atoms. The molecule has 4 heteroatoms. The first-order chi connectivity index (χ1) is 9.80.